The molecule has 0 bridgehead atoms. The summed E-state index contributed by atoms with van der Waals surface area (Å²) < 4.78 is 0. The third kappa shape index (κ3) is 2.98. The van der Waals surface area contributed by atoms with Crippen molar-refractivity contribution < 1.29 is 9.59 Å². The Morgan fingerprint density at radius 3 is 2.73 bits per heavy atom. The minimum absolute atomic E-state index is 0.0739. The molecule has 1 saturated heterocycles. The number of anilines is 1. The number of aromatic nitrogens is 1. The number of likely N-dealkylation sites (tertiary alicyclic amines) is 1. The summed E-state index contributed by atoms with van der Waals surface area (Å²) in [5.41, 5.74) is 3.22. The molecule has 1 atom stereocenters. The van der Waals surface area contributed by atoms with Crippen LogP contribution < -0.4 is 4.90 Å². The van der Waals surface area contributed by atoms with Crippen molar-refractivity contribution in [1.29, 1.82) is 0 Å². The van der Waals surface area contributed by atoms with Gasteiger partial charge in [0.15, 0.2) is 0 Å². The third-order valence-electron chi connectivity index (χ3n) is 5.27. The van der Waals surface area contributed by atoms with E-state index in [9.17, 15) is 9.59 Å². The first-order chi connectivity index (χ1) is 12.6. The summed E-state index contributed by atoms with van der Waals surface area (Å²) in [4.78, 5) is 34.0. The molecule has 134 valence electrons. The van der Waals surface area contributed by atoms with Gasteiger partial charge in [-0.15, -0.1) is 0 Å². The zero-order valence-corrected chi connectivity index (χ0v) is 15.0. The van der Waals surface area contributed by atoms with Crippen LogP contribution >= 0.6 is 0 Å². The van der Waals surface area contributed by atoms with Crippen LogP contribution in [-0.2, 0) is 4.79 Å². The SMILES string of the molecule is Cc1cccc(N2C(=O)c3cccnc3C2CC(=O)N2CCCCC2)c1. The Balaban J connectivity index is 1.68. The maximum atomic E-state index is 13.0. The maximum Gasteiger partial charge on any atom is 0.260 e. The number of hydrogen-bond acceptors (Lipinski definition) is 3. The standard InChI is InChI=1S/C21H23N3O2/c1-15-7-5-8-16(13-15)24-18(14-19(25)23-11-3-2-4-12-23)20-17(21(24)26)9-6-10-22-20/h5-10,13,18H,2-4,11-12,14H2,1H3. The van der Waals surface area contributed by atoms with Crippen molar-refractivity contribution in [2.45, 2.75) is 38.6 Å². The van der Waals surface area contributed by atoms with Crippen molar-refractivity contribution in [2.75, 3.05) is 18.0 Å². The van der Waals surface area contributed by atoms with Crippen molar-refractivity contribution >= 4 is 17.5 Å². The second-order valence-corrected chi connectivity index (χ2v) is 7.11. The molecule has 2 aliphatic heterocycles. The lowest BCUT2D eigenvalue weighted by atomic mass is 10.1. The van der Waals surface area contributed by atoms with E-state index in [4.69, 9.17) is 0 Å². The number of aryl methyl sites for hydroxylation is 1. The number of carbonyl (C=O) groups is 2. The number of piperidine rings is 1. The Morgan fingerprint density at radius 1 is 1.15 bits per heavy atom. The number of benzene rings is 1. The first-order valence-corrected chi connectivity index (χ1v) is 9.28. The molecule has 4 rings (SSSR count). The molecule has 5 heteroatoms. The Labute approximate surface area is 153 Å². The van der Waals surface area contributed by atoms with Gasteiger partial charge in [0.1, 0.15) is 0 Å². The van der Waals surface area contributed by atoms with Gasteiger partial charge in [-0.25, -0.2) is 0 Å². The second-order valence-electron chi connectivity index (χ2n) is 7.11. The van der Waals surface area contributed by atoms with Crippen LogP contribution in [0.15, 0.2) is 42.6 Å². The topological polar surface area (TPSA) is 53.5 Å². The number of fused-ring (bicyclic) bond motifs is 1. The van der Waals surface area contributed by atoms with Gasteiger partial charge in [0.25, 0.3) is 5.91 Å². The molecule has 26 heavy (non-hydrogen) atoms. The molecule has 0 spiro atoms. The highest BCUT2D eigenvalue weighted by Gasteiger charge is 2.40. The molecule has 1 aromatic carbocycles. The molecule has 2 aromatic rings. The second kappa shape index (κ2) is 6.90. The van der Waals surface area contributed by atoms with Gasteiger partial charge >= 0.3 is 0 Å². The first kappa shape index (κ1) is 16.8. The molecule has 0 saturated carbocycles. The van der Waals surface area contributed by atoms with E-state index in [0.717, 1.165) is 37.2 Å². The van der Waals surface area contributed by atoms with Crippen LogP contribution in [0.3, 0.4) is 0 Å². The molecule has 0 radical (unpaired) electrons. The lowest BCUT2D eigenvalue weighted by Crippen LogP contribution is -2.38. The number of hydrogen-bond donors (Lipinski definition) is 0. The quantitative estimate of drug-likeness (QED) is 0.852. The fraction of sp³-hybridized carbons (Fsp3) is 0.381. The number of nitrogens with zero attached hydrogens (tertiary/aromatic N) is 3. The molecular formula is C21H23N3O2. The van der Waals surface area contributed by atoms with E-state index < -0.39 is 0 Å². The average molecular weight is 349 g/mol. The summed E-state index contributed by atoms with van der Waals surface area (Å²) in [5.74, 6) is 0.0359. The van der Waals surface area contributed by atoms with E-state index in [1.54, 1.807) is 23.2 Å². The predicted octanol–water partition coefficient (Wildman–Crippen LogP) is 3.49. The van der Waals surface area contributed by atoms with E-state index >= 15 is 0 Å². The number of rotatable bonds is 3. The van der Waals surface area contributed by atoms with Crippen molar-refractivity contribution in [3.8, 4) is 0 Å². The highest BCUT2D eigenvalue weighted by Crippen LogP contribution is 2.38. The smallest absolute Gasteiger partial charge is 0.260 e. The summed E-state index contributed by atoms with van der Waals surface area (Å²) in [5, 5.41) is 0. The van der Waals surface area contributed by atoms with Crippen LogP contribution in [0.1, 0.15) is 53.3 Å². The van der Waals surface area contributed by atoms with E-state index in [2.05, 4.69) is 4.98 Å². The Bertz CT molecular complexity index is 843. The first-order valence-electron chi connectivity index (χ1n) is 9.28. The summed E-state index contributed by atoms with van der Waals surface area (Å²) in [6.07, 6.45) is 5.29. The number of carbonyl (C=O) groups excluding carboxylic acids is 2. The molecule has 1 unspecified atom stereocenters. The van der Waals surface area contributed by atoms with Crippen LogP contribution in [0.5, 0.6) is 0 Å². The van der Waals surface area contributed by atoms with Crippen LogP contribution in [0, 0.1) is 6.92 Å². The van der Waals surface area contributed by atoms with Crippen molar-refractivity contribution in [2.24, 2.45) is 0 Å². The summed E-state index contributed by atoms with van der Waals surface area (Å²) >= 11 is 0. The van der Waals surface area contributed by atoms with Crippen LogP contribution in [0.4, 0.5) is 5.69 Å². The fourth-order valence-electron chi connectivity index (χ4n) is 3.96. The largest absolute Gasteiger partial charge is 0.343 e. The van der Waals surface area contributed by atoms with Crippen molar-refractivity contribution in [3.05, 3.63) is 59.4 Å². The summed E-state index contributed by atoms with van der Waals surface area (Å²) in [6.45, 7) is 3.64. The molecule has 3 heterocycles. The molecule has 2 amide bonds. The summed E-state index contributed by atoms with van der Waals surface area (Å²) in [6, 6.07) is 11.1. The lowest BCUT2D eigenvalue weighted by molar-refractivity contribution is -0.132. The molecule has 2 aliphatic rings. The van der Waals surface area contributed by atoms with Gasteiger partial charge in [-0.05, 0) is 56.0 Å². The normalized spacial score (nSPS) is 19.6. The molecule has 0 aliphatic carbocycles. The van der Waals surface area contributed by atoms with Gasteiger partial charge in [0.2, 0.25) is 5.91 Å². The highest BCUT2D eigenvalue weighted by molar-refractivity contribution is 6.11. The minimum atomic E-state index is -0.338. The van der Waals surface area contributed by atoms with Gasteiger partial charge in [-0.1, -0.05) is 12.1 Å². The minimum Gasteiger partial charge on any atom is -0.343 e. The van der Waals surface area contributed by atoms with Gasteiger partial charge in [-0.2, -0.15) is 0 Å². The lowest BCUT2D eigenvalue weighted by Gasteiger charge is -2.30. The Kier molecular flexibility index (Phi) is 4.45. The van der Waals surface area contributed by atoms with E-state index in [0.29, 0.717) is 11.3 Å². The average Bonchev–Trinajstić information content (AvgIpc) is 2.95. The molecule has 1 aromatic heterocycles. The van der Waals surface area contributed by atoms with E-state index in [1.807, 2.05) is 36.1 Å². The maximum absolute atomic E-state index is 13.0. The number of pyridine rings is 1. The van der Waals surface area contributed by atoms with Crippen LogP contribution in [-0.4, -0.2) is 34.8 Å². The van der Waals surface area contributed by atoms with Crippen LogP contribution in [0.25, 0.3) is 0 Å². The zero-order valence-electron chi connectivity index (χ0n) is 15.0. The molecule has 5 nitrogen and oxygen atoms in total. The fourth-order valence-corrected chi connectivity index (χ4v) is 3.96. The van der Waals surface area contributed by atoms with Crippen molar-refractivity contribution in [1.82, 2.24) is 9.88 Å². The van der Waals surface area contributed by atoms with Crippen LogP contribution in [0.2, 0.25) is 0 Å². The van der Waals surface area contributed by atoms with Crippen molar-refractivity contribution in [3.63, 3.8) is 0 Å². The van der Waals surface area contributed by atoms with E-state index in [-0.39, 0.29) is 24.3 Å². The number of amides is 2. The molecule has 1 fully saturated rings. The zero-order chi connectivity index (χ0) is 18.1. The Morgan fingerprint density at radius 2 is 1.96 bits per heavy atom. The molecular weight excluding hydrogens is 326 g/mol. The van der Waals surface area contributed by atoms with E-state index in [1.165, 1.54) is 6.42 Å². The van der Waals surface area contributed by atoms with Gasteiger partial charge in [0, 0.05) is 25.0 Å². The predicted molar refractivity (Wildman–Crippen MR) is 100 cm³/mol. The Hall–Kier alpha value is -2.69. The third-order valence-corrected chi connectivity index (χ3v) is 5.27. The van der Waals surface area contributed by atoms with Gasteiger partial charge in [0.05, 0.1) is 23.7 Å². The van der Waals surface area contributed by atoms with Gasteiger partial charge < -0.3 is 4.90 Å². The summed E-state index contributed by atoms with van der Waals surface area (Å²) in [7, 11) is 0. The highest BCUT2D eigenvalue weighted by atomic mass is 16.2. The molecule has 0 N–H and O–H groups in total. The van der Waals surface area contributed by atoms with Gasteiger partial charge in [-0.3, -0.25) is 19.5 Å². The monoisotopic (exact) mass is 349 g/mol.